The van der Waals surface area contributed by atoms with Crippen molar-refractivity contribution >= 4 is 12.3 Å². The molecule has 0 saturated carbocycles. The van der Waals surface area contributed by atoms with E-state index in [9.17, 15) is 9.59 Å². The maximum absolute atomic E-state index is 10.9. The molecular weight excluding hydrogens is 232 g/mol. The van der Waals surface area contributed by atoms with Crippen molar-refractivity contribution in [1.29, 1.82) is 0 Å². The van der Waals surface area contributed by atoms with Gasteiger partial charge in [-0.1, -0.05) is 26.2 Å². The number of ether oxygens (including phenoxy) is 1. The quantitative estimate of drug-likeness (QED) is 0.568. The first kappa shape index (κ1) is 14.2. The highest BCUT2D eigenvalue weighted by atomic mass is 16.5. The van der Waals surface area contributed by atoms with Crippen LogP contribution in [0.25, 0.3) is 0 Å². The van der Waals surface area contributed by atoms with Crippen molar-refractivity contribution < 1.29 is 19.4 Å². The molecule has 0 heterocycles. The number of aromatic carboxylic acids is 1. The molecule has 0 aromatic heterocycles. The maximum Gasteiger partial charge on any atom is 0.335 e. The number of carboxylic acid groups (broad SMARTS) is 1. The molecule has 0 aliphatic carbocycles. The van der Waals surface area contributed by atoms with Crippen LogP contribution < -0.4 is 4.74 Å². The highest BCUT2D eigenvalue weighted by Crippen LogP contribution is 2.19. The van der Waals surface area contributed by atoms with E-state index in [4.69, 9.17) is 9.84 Å². The number of unbranched alkanes of at least 4 members (excludes halogenated alkanes) is 3. The second-order valence-electron chi connectivity index (χ2n) is 4.08. The first-order valence-electron chi connectivity index (χ1n) is 6.14. The topological polar surface area (TPSA) is 63.6 Å². The standard InChI is InChI=1S/C14H18O4/c1-2-3-4-5-8-18-13-7-6-11(14(16)17)9-12(13)10-15/h6-7,9-10H,2-5,8H2,1H3,(H,16,17). The summed E-state index contributed by atoms with van der Waals surface area (Å²) in [6, 6.07) is 4.31. The predicted molar refractivity (Wildman–Crippen MR) is 68.4 cm³/mol. The lowest BCUT2D eigenvalue weighted by molar-refractivity contribution is 0.0697. The molecule has 1 N–H and O–H groups in total. The second-order valence-corrected chi connectivity index (χ2v) is 4.08. The van der Waals surface area contributed by atoms with E-state index in [-0.39, 0.29) is 11.1 Å². The van der Waals surface area contributed by atoms with Crippen LogP contribution >= 0.6 is 0 Å². The fourth-order valence-electron chi connectivity index (χ4n) is 1.62. The molecule has 98 valence electrons. The Morgan fingerprint density at radius 1 is 1.33 bits per heavy atom. The minimum Gasteiger partial charge on any atom is -0.493 e. The molecule has 4 nitrogen and oxygen atoms in total. The van der Waals surface area contributed by atoms with Crippen molar-refractivity contribution in [2.24, 2.45) is 0 Å². The summed E-state index contributed by atoms with van der Waals surface area (Å²) in [5.41, 5.74) is 0.376. The van der Waals surface area contributed by atoms with Crippen LogP contribution in [0.4, 0.5) is 0 Å². The van der Waals surface area contributed by atoms with Crippen LogP contribution in [0.15, 0.2) is 18.2 Å². The number of aldehydes is 1. The molecule has 0 radical (unpaired) electrons. The van der Waals surface area contributed by atoms with E-state index < -0.39 is 5.97 Å². The molecule has 0 spiro atoms. The molecule has 0 aliphatic rings. The number of benzene rings is 1. The van der Waals surface area contributed by atoms with Crippen LogP contribution in [0.5, 0.6) is 5.75 Å². The van der Waals surface area contributed by atoms with E-state index in [1.165, 1.54) is 24.6 Å². The largest absolute Gasteiger partial charge is 0.493 e. The highest BCUT2D eigenvalue weighted by Gasteiger charge is 2.08. The second kappa shape index (κ2) is 7.48. The Morgan fingerprint density at radius 2 is 2.11 bits per heavy atom. The minimum atomic E-state index is -1.05. The first-order chi connectivity index (χ1) is 8.69. The molecule has 18 heavy (non-hydrogen) atoms. The van der Waals surface area contributed by atoms with Crippen LogP contribution in [0.1, 0.15) is 53.3 Å². The summed E-state index contributed by atoms with van der Waals surface area (Å²) in [7, 11) is 0. The van der Waals surface area contributed by atoms with Gasteiger partial charge in [-0.15, -0.1) is 0 Å². The molecule has 0 aliphatic heterocycles. The van der Waals surface area contributed by atoms with Gasteiger partial charge in [0.2, 0.25) is 0 Å². The van der Waals surface area contributed by atoms with Gasteiger partial charge in [0, 0.05) is 0 Å². The van der Waals surface area contributed by atoms with E-state index in [1.54, 1.807) is 0 Å². The zero-order valence-electron chi connectivity index (χ0n) is 10.5. The van der Waals surface area contributed by atoms with Crippen molar-refractivity contribution in [2.75, 3.05) is 6.61 Å². The minimum absolute atomic E-state index is 0.0930. The molecule has 0 amide bonds. The van der Waals surface area contributed by atoms with E-state index >= 15 is 0 Å². The fourth-order valence-corrected chi connectivity index (χ4v) is 1.62. The zero-order chi connectivity index (χ0) is 13.4. The molecule has 1 aromatic rings. The van der Waals surface area contributed by atoms with E-state index in [1.807, 2.05) is 0 Å². The summed E-state index contributed by atoms with van der Waals surface area (Å²) >= 11 is 0. The Morgan fingerprint density at radius 3 is 2.72 bits per heavy atom. The van der Waals surface area contributed by atoms with Gasteiger partial charge in [-0.3, -0.25) is 4.79 Å². The van der Waals surface area contributed by atoms with Gasteiger partial charge in [0.05, 0.1) is 17.7 Å². The van der Waals surface area contributed by atoms with E-state index in [0.29, 0.717) is 18.6 Å². The lowest BCUT2D eigenvalue weighted by Crippen LogP contribution is -2.03. The first-order valence-corrected chi connectivity index (χ1v) is 6.14. The van der Waals surface area contributed by atoms with Crippen molar-refractivity contribution in [1.82, 2.24) is 0 Å². The predicted octanol–water partition coefficient (Wildman–Crippen LogP) is 3.16. The number of carboxylic acids is 1. The molecule has 1 rings (SSSR count). The van der Waals surface area contributed by atoms with Crippen molar-refractivity contribution in [3.63, 3.8) is 0 Å². The summed E-state index contributed by atoms with van der Waals surface area (Å²) in [4.78, 5) is 21.6. The van der Waals surface area contributed by atoms with Gasteiger partial charge in [-0.2, -0.15) is 0 Å². The van der Waals surface area contributed by atoms with Gasteiger partial charge in [-0.05, 0) is 24.6 Å². The Balaban J connectivity index is 2.60. The van der Waals surface area contributed by atoms with Crippen LogP contribution in [0.2, 0.25) is 0 Å². The normalized spacial score (nSPS) is 10.1. The van der Waals surface area contributed by atoms with Crippen molar-refractivity contribution in [3.05, 3.63) is 29.3 Å². The molecular formula is C14H18O4. The summed E-state index contributed by atoms with van der Waals surface area (Å²) in [6.07, 6.45) is 4.98. The Bertz CT molecular complexity index is 412. The molecule has 0 fully saturated rings. The molecule has 0 saturated heterocycles. The summed E-state index contributed by atoms with van der Waals surface area (Å²) in [5, 5.41) is 8.81. The molecule has 1 aromatic carbocycles. The molecule has 0 atom stereocenters. The van der Waals surface area contributed by atoms with Crippen molar-refractivity contribution in [2.45, 2.75) is 32.6 Å². The maximum atomic E-state index is 10.9. The van der Waals surface area contributed by atoms with Gasteiger partial charge in [-0.25, -0.2) is 4.79 Å². The number of carbonyl (C=O) groups is 2. The average molecular weight is 250 g/mol. The average Bonchev–Trinajstić information content (AvgIpc) is 2.38. The van der Waals surface area contributed by atoms with Crippen LogP contribution in [-0.2, 0) is 0 Å². The summed E-state index contributed by atoms with van der Waals surface area (Å²) in [6.45, 7) is 2.68. The Kier molecular flexibility index (Phi) is 5.91. The smallest absolute Gasteiger partial charge is 0.335 e. The number of hydrogen-bond donors (Lipinski definition) is 1. The molecule has 0 unspecified atom stereocenters. The van der Waals surface area contributed by atoms with Crippen molar-refractivity contribution in [3.8, 4) is 5.75 Å². The van der Waals surface area contributed by atoms with Crippen LogP contribution in [0.3, 0.4) is 0 Å². The zero-order valence-corrected chi connectivity index (χ0v) is 10.5. The van der Waals surface area contributed by atoms with Gasteiger partial charge < -0.3 is 9.84 Å². The van der Waals surface area contributed by atoms with E-state index in [0.717, 1.165) is 19.3 Å². The third kappa shape index (κ3) is 4.20. The number of rotatable bonds is 8. The lowest BCUT2D eigenvalue weighted by Gasteiger charge is -2.08. The van der Waals surface area contributed by atoms with Gasteiger partial charge in [0.1, 0.15) is 5.75 Å². The summed E-state index contributed by atoms with van der Waals surface area (Å²) < 4.78 is 5.49. The Hall–Kier alpha value is -1.84. The number of carbonyl (C=O) groups excluding carboxylic acids is 1. The van der Waals surface area contributed by atoms with Gasteiger partial charge >= 0.3 is 5.97 Å². The molecule has 0 bridgehead atoms. The Labute approximate surface area is 107 Å². The summed E-state index contributed by atoms with van der Waals surface area (Å²) in [5.74, 6) is -0.598. The molecule has 4 heteroatoms. The van der Waals surface area contributed by atoms with Gasteiger partial charge in [0.15, 0.2) is 6.29 Å². The monoisotopic (exact) mass is 250 g/mol. The SMILES string of the molecule is CCCCCCOc1ccc(C(=O)O)cc1C=O. The van der Waals surface area contributed by atoms with Crippen LogP contribution in [0, 0.1) is 0 Å². The fraction of sp³-hybridized carbons (Fsp3) is 0.429. The van der Waals surface area contributed by atoms with Gasteiger partial charge in [0.25, 0.3) is 0 Å². The third-order valence-electron chi connectivity index (χ3n) is 2.64. The highest BCUT2D eigenvalue weighted by molar-refractivity contribution is 5.91. The third-order valence-corrected chi connectivity index (χ3v) is 2.64. The van der Waals surface area contributed by atoms with E-state index in [2.05, 4.69) is 6.92 Å². The lowest BCUT2D eigenvalue weighted by atomic mass is 10.1. The van der Waals surface area contributed by atoms with Crippen LogP contribution in [-0.4, -0.2) is 24.0 Å². The number of hydrogen-bond acceptors (Lipinski definition) is 3.